The van der Waals surface area contributed by atoms with Crippen molar-refractivity contribution >= 4 is 17.6 Å². The molecular weight excluding hydrogens is 378 g/mol. The Bertz CT molecular complexity index is 792. The fourth-order valence-electron chi connectivity index (χ4n) is 3.64. The number of aromatic nitrogens is 1. The molecule has 1 aliphatic rings. The molecule has 2 N–H and O–H groups in total. The Morgan fingerprint density at radius 1 is 1.00 bits per heavy atom. The van der Waals surface area contributed by atoms with Crippen molar-refractivity contribution in [3.05, 3.63) is 60.3 Å². The number of amides is 2. The second-order valence-corrected chi connectivity index (χ2v) is 7.70. The molecule has 2 heterocycles. The summed E-state index contributed by atoms with van der Waals surface area (Å²) in [6.07, 6.45) is 3.49. The van der Waals surface area contributed by atoms with Gasteiger partial charge in [-0.3, -0.25) is 14.5 Å². The quantitative estimate of drug-likeness (QED) is 0.510. The molecule has 0 aliphatic carbocycles. The Hall–Kier alpha value is -2.93. The number of hydrogen-bond donors (Lipinski definition) is 2. The topological polar surface area (TPSA) is 77.6 Å². The lowest BCUT2D eigenvalue weighted by atomic mass is 10.1. The zero-order valence-corrected chi connectivity index (χ0v) is 17.6. The predicted molar refractivity (Wildman–Crippen MR) is 118 cm³/mol. The second-order valence-electron chi connectivity index (χ2n) is 7.70. The maximum absolute atomic E-state index is 12.1. The van der Waals surface area contributed by atoms with Crippen LogP contribution in [0.3, 0.4) is 0 Å². The molecule has 1 aliphatic heterocycles. The lowest BCUT2D eigenvalue weighted by Gasteiger charge is -2.36. The Kier molecular flexibility index (Phi) is 8.20. The number of pyridine rings is 1. The van der Waals surface area contributed by atoms with Crippen molar-refractivity contribution in [2.75, 3.05) is 44.2 Å². The van der Waals surface area contributed by atoms with Crippen molar-refractivity contribution in [2.45, 2.75) is 25.8 Å². The van der Waals surface area contributed by atoms with Gasteiger partial charge in [0.25, 0.3) is 0 Å². The number of piperazine rings is 1. The minimum atomic E-state index is -0.561. The first kappa shape index (κ1) is 21.8. The van der Waals surface area contributed by atoms with E-state index in [1.54, 1.807) is 0 Å². The molecule has 0 spiro atoms. The maximum atomic E-state index is 12.1. The second kappa shape index (κ2) is 11.3. The van der Waals surface area contributed by atoms with Gasteiger partial charge in [0.05, 0.1) is 0 Å². The summed E-state index contributed by atoms with van der Waals surface area (Å²) in [6.45, 7) is 6.77. The zero-order valence-electron chi connectivity index (χ0n) is 17.6. The SMILES string of the molecule is CC(CN1CCN(c2ccccn2)CC1)NC(=O)C(=O)NCCCc1ccccc1. The van der Waals surface area contributed by atoms with Crippen molar-refractivity contribution in [1.29, 1.82) is 0 Å². The van der Waals surface area contributed by atoms with Crippen molar-refractivity contribution in [2.24, 2.45) is 0 Å². The molecule has 2 amide bonds. The van der Waals surface area contributed by atoms with Crippen LogP contribution in [0, 0.1) is 0 Å². The monoisotopic (exact) mass is 409 g/mol. The lowest BCUT2D eigenvalue weighted by Crippen LogP contribution is -2.52. The van der Waals surface area contributed by atoms with E-state index in [0.29, 0.717) is 6.54 Å². The molecule has 1 fully saturated rings. The van der Waals surface area contributed by atoms with Gasteiger partial charge in [0.1, 0.15) is 5.82 Å². The molecular formula is C23H31N5O2. The largest absolute Gasteiger partial charge is 0.354 e. The van der Waals surface area contributed by atoms with E-state index in [-0.39, 0.29) is 6.04 Å². The van der Waals surface area contributed by atoms with Gasteiger partial charge in [-0.2, -0.15) is 0 Å². The summed E-state index contributed by atoms with van der Waals surface area (Å²) in [4.78, 5) is 33.1. The van der Waals surface area contributed by atoms with E-state index < -0.39 is 11.8 Å². The van der Waals surface area contributed by atoms with Gasteiger partial charge in [0, 0.05) is 51.5 Å². The van der Waals surface area contributed by atoms with E-state index in [1.165, 1.54) is 5.56 Å². The van der Waals surface area contributed by atoms with Crippen LogP contribution in [-0.4, -0.2) is 67.0 Å². The Balaban J connectivity index is 1.31. The molecule has 1 aromatic heterocycles. The number of hydrogen-bond acceptors (Lipinski definition) is 5. The van der Waals surface area contributed by atoms with Gasteiger partial charge in [0.2, 0.25) is 0 Å². The summed E-state index contributed by atoms with van der Waals surface area (Å²) in [5, 5.41) is 5.52. The predicted octanol–water partition coefficient (Wildman–Crippen LogP) is 1.46. The molecule has 7 nitrogen and oxygen atoms in total. The molecule has 2 aromatic rings. The highest BCUT2D eigenvalue weighted by Gasteiger charge is 2.21. The first-order valence-corrected chi connectivity index (χ1v) is 10.6. The van der Waals surface area contributed by atoms with Gasteiger partial charge < -0.3 is 15.5 Å². The van der Waals surface area contributed by atoms with Crippen LogP contribution in [0.1, 0.15) is 18.9 Å². The minimum Gasteiger partial charge on any atom is -0.354 e. The number of anilines is 1. The number of aryl methyl sites for hydroxylation is 1. The number of carbonyl (C=O) groups excluding carboxylic acids is 2. The molecule has 0 saturated carbocycles. The van der Waals surface area contributed by atoms with E-state index >= 15 is 0 Å². The molecule has 1 aromatic carbocycles. The van der Waals surface area contributed by atoms with Crippen LogP contribution < -0.4 is 15.5 Å². The minimum absolute atomic E-state index is 0.0889. The third kappa shape index (κ3) is 6.84. The third-order valence-corrected chi connectivity index (χ3v) is 5.23. The van der Waals surface area contributed by atoms with Crippen molar-refractivity contribution in [3.63, 3.8) is 0 Å². The molecule has 3 rings (SSSR count). The first-order chi connectivity index (χ1) is 14.6. The highest BCUT2D eigenvalue weighted by molar-refractivity contribution is 6.35. The summed E-state index contributed by atoms with van der Waals surface area (Å²) in [5.74, 6) is -0.119. The van der Waals surface area contributed by atoms with Crippen LogP contribution in [0.25, 0.3) is 0 Å². The van der Waals surface area contributed by atoms with E-state index in [4.69, 9.17) is 0 Å². The van der Waals surface area contributed by atoms with E-state index in [2.05, 4.69) is 37.6 Å². The van der Waals surface area contributed by atoms with E-state index in [0.717, 1.165) is 51.4 Å². The summed E-state index contributed by atoms with van der Waals surface area (Å²) in [6, 6.07) is 16.0. The molecule has 1 atom stereocenters. The Morgan fingerprint density at radius 2 is 1.73 bits per heavy atom. The standard InChI is InChI=1S/C23H31N5O2/c1-19(18-27-14-16-28(17-15-27)21-11-5-6-12-24-21)26-23(30)22(29)25-13-7-10-20-8-3-2-4-9-20/h2-6,8-9,11-12,19H,7,10,13-18H2,1H3,(H,25,29)(H,26,30). The summed E-state index contributed by atoms with van der Waals surface area (Å²) < 4.78 is 0. The number of rotatable bonds is 8. The van der Waals surface area contributed by atoms with Gasteiger partial charge in [0.15, 0.2) is 0 Å². The van der Waals surface area contributed by atoms with Crippen LogP contribution in [-0.2, 0) is 16.0 Å². The third-order valence-electron chi connectivity index (χ3n) is 5.23. The van der Waals surface area contributed by atoms with Gasteiger partial charge in [-0.15, -0.1) is 0 Å². The van der Waals surface area contributed by atoms with Crippen LogP contribution in [0.15, 0.2) is 54.7 Å². The van der Waals surface area contributed by atoms with Crippen LogP contribution in [0.2, 0.25) is 0 Å². The van der Waals surface area contributed by atoms with Gasteiger partial charge >= 0.3 is 11.8 Å². The van der Waals surface area contributed by atoms with Crippen molar-refractivity contribution in [1.82, 2.24) is 20.5 Å². The maximum Gasteiger partial charge on any atom is 0.309 e. The summed E-state index contributed by atoms with van der Waals surface area (Å²) in [7, 11) is 0. The van der Waals surface area contributed by atoms with Gasteiger partial charge in [-0.25, -0.2) is 4.98 Å². The normalized spacial score (nSPS) is 15.4. The van der Waals surface area contributed by atoms with Crippen LogP contribution >= 0.6 is 0 Å². The average molecular weight is 410 g/mol. The molecule has 1 saturated heterocycles. The Labute approximate surface area is 178 Å². The fourth-order valence-corrected chi connectivity index (χ4v) is 3.64. The van der Waals surface area contributed by atoms with E-state index in [1.807, 2.05) is 49.5 Å². The zero-order chi connectivity index (χ0) is 21.2. The van der Waals surface area contributed by atoms with Crippen molar-refractivity contribution in [3.8, 4) is 0 Å². The van der Waals surface area contributed by atoms with E-state index in [9.17, 15) is 9.59 Å². The molecule has 0 radical (unpaired) electrons. The molecule has 30 heavy (non-hydrogen) atoms. The smallest absolute Gasteiger partial charge is 0.309 e. The number of benzene rings is 1. The molecule has 0 bridgehead atoms. The molecule has 7 heteroatoms. The van der Waals surface area contributed by atoms with Gasteiger partial charge in [-0.05, 0) is 37.5 Å². The highest BCUT2D eigenvalue weighted by atomic mass is 16.2. The van der Waals surface area contributed by atoms with Crippen LogP contribution in [0.4, 0.5) is 5.82 Å². The van der Waals surface area contributed by atoms with Gasteiger partial charge in [-0.1, -0.05) is 36.4 Å². The summed E-state index contributed by atoms with van der Waals surface area (Å²) in [5.41, 5.74) is 1.23. The number of nitrogens with one attached hydrogen (secondary N) is 2. The lowest BCUT2D eigenvalue weighted by molar-refractivity contribution is -0.139. The van der Waals surface area contributed by atoms with Crippen LogP contribution in [0.5, 0.6) is 0 Å². The molecule has 1 unspecified atom stereocenters. The number of carbonyl (C=O) groups is 2. The van der Waals surface area contributed by atoms with Crippen molar-refractivity contribution < 1.29 is 9.59 Å². The first-order valence-electron chi connectivity index (χ1n) is 10.6. The number of nitrogens with zero attached hydrogens (tertiary/aromatic N) is 3. The summed E-state index contributed by atoms with van der Waals surface area (Å²) >= 11 is 0. The fraction of sp³-hybridized carbons (Fsp3) is 0.435. The average Bonchev–Trinajstić information content (AvgIpc) is 2.78. The Morgan fingerprint density at radius 3 is 2.43 bits per heavy atom. The molecule has 160 valence electrons. The highest BCUT2D eigenvalue weighted by Crippen LogP contribution is 2.12.